The zero-order chi connectivity index (χ0) is 18.1. The Morgan fingerprint density at radius 3 is 2.50 bits per heavy atom. The van der Waals surface area contributed by atoms with Gasteiger partial charge in [0.2, 0.25) is 0 Å². The number of carbonyl (C=O) groups is 2. The largest absolute Gasteiger partial charge is 0.508 e. The lowest BCUT2D eigenvalue weighted by atomic mass is 10.1. The minimum atomic E-state index is -0.539. The van der Waals surface area contributed by atoms with Crippen LogP contribution in [-0.4, -0.2) is 58.2 Å². The van der Waals surface area contributed by atoms with Gasteiger partial charge in [-0.2, -0.15) is 0 Å². The normalized spacial score (nSPS) is 18.5. The van der Waals surface area contributed by atoms with Crippen molar-refractivity contribution < 1.29 is 19.4 Å². The molecule has 1 aromatic carbocycles. The Hall–Kier alpha value is -2.24. The molecule has 1 N–H and O–H groups in total. The molecule has 2 amide bonds. The van der Waals surface area contributed by atoms with Crippen molar-refractivity contribution in [1.82, 2.24) is 9.80 Å². The molecule has 24 heavy (non-hydrogen) atoms. The maximum Gasteiger partial charge on any atom is 0.410 e. The standard InChI is InChI=1S/C18H26N2O4/c1-12-11-19(9-10-20(12)17(23)24-18(3,4)5)16(22)14-7-6-8-15(21)13(14)2/h6-8,12,21H,9-11H2,1-5H3. The van der Waals surface area contributed by atoms with Gasteiger partial charge in [0.05, 0.1) is 0 Å². The Bertz CT molecular complexity index is 636. The number of ether oxygens (including phenoxy) is 1. The summed E-state index contributed by atoms with van der Waals surface area (Å²) >= 11 is 0. The van der Waals surface area contributed by atoms with Crippen molar-refractivity contribution in [2.45, 2.75) is 46.3 Å². The Balaban J connectivity index is 2.06. The van der Waals surface area contributed by atoms with Crippen LogP contribution < -0.4 is 0 Å². The molecule has 0 bridgehead atoms. The van der Waals surface area contributed by atoms with E-state index in [1.54, 1.807) is 34.9 Å². The third kappa shape index (κ3) is 3.99. The molecule has 1 saturated heterocycles. The predicted molar refractivity (Wildman–Crippen MR) is 91.1 cm³/mol. The number of hydrogen-bond donors (Lipinski definition) is 1. The number of phenols is 1. The van der Waals surface area contributed by atoms with Crippen LogP contribution in [0.2, 0.25) is 0 Å². The molecule has 132 valence electrons. The van der Waals surface area contributed by atoms with Crippen LogP contribution in [0.3, 0.4) is 0 Å². The van der Waals surface area contributed by atoms with Crippen LogP contribution in [0.25, 0.3) is 0 Å². The molecule has 6 heteroatoms. The molecular weight excluding hydrogens is 308 g/mol. The number of nitrogens with zero attached hydrogens (tertiary/aromatic N) is 2. The first-order valence-corrected chi connectivity index (χ1v) is 8.17. The highest BCUT2D eigenvalue weighted by molar-refractivity contribution is 5.96. The molecule has 1 aliphatic heterocycles. The maximum atomic E-state index is 12.7. The summed E-state index contributed by atoms with van der Waals surface area (Å²) in [7, 11) is 0. The molecule has 0 spiro atoms. The summed E-state index contributed by atoms with van der Waals surface area (Å²) in [6.45, 7) is 10.4. The first-order valence-electron chi connectivity index (χ1n) is 8.17. The lowest BCUT2D eigenvalue weighted by Gasteiger charge is -2.40. The molecule has 6 nitrogen and oxygen atoms in total. The number of hydrogen-bond acceptors (Lipinski definition) is 4. The second-order valence-electron chi connectivity index (χ2n) is 7.22. The maximum absolute atomic E-state index is 12.7. The van der Waals surface area contributed by atoms with E-state index in [-0.39, 0.29) is 23.8 Å². The number of carbonyl (C=O) groups excluding carboxylic acids is 2. The average molecular weight is 334 g/mol. The fourth-order valence-corrected chi connectivity index (χ4v) is 2.76. The second kappa shape index (κ2) is 6.71. The summed E-state index contributed by atoms with van der Waals surface area (Å²) in [5, 5.41) is 9.78. The summed E-state index contributed by atoms with van der Waals surface area (Å²) in [5.74, 6) is -0.0135. The zero-order valence-electron chi connectivity index (χ0n) is 15.0. The first-order chi connectivity index (χ1) is 11.1. The van der Waals surface area contributed by atoms with E-state index in [4.69, 9.17) is 4.74 Å². The summed E-state index contributed by atoms with van der Waals surface area (Å²) in [4.78, 5) is 28.3. The van der Waals surface area contributed by atoms with E-state index in [2.05, 4.69) is 0 Å². The third-order valence-corrected chi connectivity index (χ3v) is 4.08. The summed E-state index contributed by atoms with van der Waals surface area (Å²) in [6, 6.07) is 4.81. The Kier molecular flexibility index (Phi) is 5.06. The first kappa shape index (κ1) is 18.1. The Labute approximate surface area is 143 Å². The topological polar surface area (TPSA) is 70.1 Å². The van der Waals surface area contributed by atoms with Crippen molar-refractivity contribution in [2.24, 2.45) is 0 Å². The van der Waals surface area contributed by atoms with E-state index >= 15 is 0 Å². The predicted octanol–water partition coefficient (Wildman–Crippen LogP) is 2.78. The van der Waals surface area contributed by atoms with Crippen molar-refractivity contribution in [2.75, 3.05) is 19.6 Å². The molecule has 1 aliphatic rings. The average Bonchev–Trinajstić information content (AvgIpc) is 2.47. The number of phenolic OH excluding ortho intramolecular Hbond substituents is 1. The lowest BCUT2D eigenvalue weighted by Crippen LogP contribution is -2.56. The van der Waals surface area contributed by atoms with Gasteiger partial charge in [0.25, 0.3) is 5.91 Å². The van der Waals surface area contributed by atoms with Gasteiger partial charge in [0, 0.05) is 36.8 Å². The van der Waals surface area contributed by atoms with Crippen molar-refractivity contribution in [3.63, 3.8) is 0 Å². The highest BCUT2D eigenvalue weighted by Gasteiger charge is 2.33. The highest BCUT2D eigenvalue weighted by atomic mass is 16.6. The second-order valence-corrected chi connectivity index (χ2v) is 7.22. The van der Waals surface area contributed by atoms with E-state index < -0.39 is 5.60 Å². The van der Waals surface area contributed by atoms with Crippen LogP contribution in [0.1, 0.15) is 43.6 Å². The lowest BCUT2D eigenvalue weighted by molar-refractivity contribution is 0.00197. The summed E-state index contributed by atoms with van der Waals surface area (Å²) in [5.41, 5.74) is 0.528. The minimum absolute atomic E-state index is 0.112. The van der Waals surface area contributed by atoms with E-state index in [1.807, 2.05) is 27.7 Å². The molecule has 0 aromatic heterocycles. The SMILES string of the molecule is Cc1c(O)cccc1C(=O)N1CCN(C(=O)OC(C)(C)C)C(C)C1. The Morgan fingerprint density at radius 2 is 1.92 bits per heavy atom. The van der Waals surface area contributed by atoms with Crippen LogP contribution in [0.15, 0.2) is 18.2 Å². The van der Waals surface area contributed by atoms with Gasteiger partial charge >= 0.3 is 6.09 Å². The number of rotatable bonds is 1. The van der Waals surface area contributed by atoms with Crippen molar-refractivity contribution >= 4 is 12.0 Å². The number of aromatic hydroxyl groups is 1. The van der Waals surface area contributed by atoms with Crippen LogP contribution in [0.5, 0.6) is 5.75 Å². The molecule has 1 atom stereocenters. The summed E-state index contributed by atoms with van der Waals surface area (Å²) < 4.78 is 5.41. The van der Waals surface area contributed by atoms with Gasteiger partial charge in [0.1, 0.15) is 11.4 Å². The van der Waals surface area contributed by atoms with Gasteiger partial charge in [-0.3, -0.25) is 4.79 Å². The third-order valence-electron chi connectivity index (χ3n) is 4.08. The molecule has 0 saturated carbocycles. The quantitative estimate of drug-likeness (QED) is 0.857. The molecule has 0 radical (unpaired) electrons. The van der Waals surface area contributed by atoms with E-state index in [0.29, 0.717) is 30.8 Å². The molecule has 0 aliphatic carbocycles. The van der Waals surface area contributed by atoms with E-state index in [9.17, 15) is 14.7 Å². The molecular formula is C18H26N2O4. The smallest absolute Gasteiger partial charge is 0.410 e. The fourth-order valence-electron chi connectivity index (χ4n) is 2.76. The fraction of sp³-hybridized carbons (Fsp3) is 0.556. The number of amides is 2. The van der Waals surface area contributed by atoms with Gasteiger partial charge < -0.3 is 19.6 Å². The van der Waals surface area contributed by atoms with Crippen molar-refractivity contribution in [3.8, 4) is 5.75 Å². The molecule has 1 aromatic rings. The van der Waals surface area contributed by atoms with Crippen LogP contribution >= 0.6 is 0 Å². The van der Waals surface area contributed by atoms with Gasteiger partial charge in [-0.1, -0.05) is 6.07 Å². The van der Waals surface area contributed by atoms with Gasteiger partial charge in [-0.15, -0.1) is 0 Å². The van der Waals surface area contributed by atoms with E-state index in [0.717, 1.165) is 0 Å². The van der Waals surface area contributed by atoms with Crippen LogP contribution in [-0.2, 0) is 4.74 Å². The van der Waals surface area contributed by atoms with Gasteiger partial charge in [0.15, 0.2) is 0 Å². The highest BCUT2D eigenvalue weighted by Crippen LogP contribution is 2.23. The minimum Gasteiger partial charge on any atom is -0.508 e. The monoisotopic (exact) mass is 334 g/mol. The van der Waals surface area contributed by atoms with Crippen LogP contribution in [0, 0.1) is 6.92 Å². The van der Waals surface area contributed by atoms with Gasteiger partial charge in [-0.05, 0) is 46.8 Å². The summed E-state index contributed by atoms with van der Waals surface area (Å²) in [6.07, 6.45) is -0.351. The zero-order valence-corrected chi connectivity index (χ0v) is 15.0. The van der Waals surface area contributed by atoms with Crippen molar-refractivity contribution in [3.05, 3.63) is 29.3 Å². The number of benzene rings is 1. The number of piperazine rings is 1. The Morgan fingerprint density at radius 1 is 1.25 bits per heavy atom. The molecule has 1 unspecified atom stereocenters. The van der Waals surface area contributed by atoms with Crippen molar-refractivity contribution in [1.29, 1.82) is 0 Å². The molecule has 1 fully saturated rings. The van der Waals surface area contributed by atoms with E-state index in [1.165, 1.54) is 0 Å². The van der Waals surface area contributed by atoms with Crippen LogP contribution in [0.4, 0.5) is 4.79 Å². The molecule has 1 heterocycles. The van der Waals surface area contributed by atoms with Gasteiger partial charge in [-0.25, -0.2) is 4.79 Å². The molecule has 2 rings (SSSR count).